The van der Waals surface area contributed by atoms with Gasteiger partial charge in [0.1, 0.15) is 0 Å². The lowest BCUT2D eigenvalue weighted by Crippen LogP contribution is -2.07. The molecule has 0 aliphatic heterocycles. The first kappa shape index (κ1) is 16.0. The summed E-state index contributed by atoms with van der Waals surface area (Å²) >= 11 is 0. The van der Waals surface area contributed by atoms with Crippen LogP contribution in [0, 0.1) is 6.92 Å². The van der Waals surface area contributed by atoms with Crippen LogP contribution in [0.2, 0.25) is 0 Å². The summed E-state index contributed by atoms with van der Waals surface area (Å²) < 4.78 is 0. The topological polar surface area (TPSA) is 0 Å². The van der Waals surface area contributed by atoms with E-state index in [9.17, 15) is 0 Å². The molecular weight excluding hydrogens is 259 g/mol. The Morgan fingerprint density at radius 3 is 1.65 bits per heavy atom. The highest BCUT2D eigenvalue weighted by Crippen LogP contribution is 2.29. The lowest BCUT2D eigenvalue weighted by atomic mass is 10.0. The van der Waals surface area contributed by atoms with Gasteiger partial charge >= 0.3 is 0 Å². The Morgan fingerprint density at radius 1 is 0.700 bits per heavy atom. The number of rotatable bonds is 2. The molecule has 1 atom stereocenters. The standard InChI is InChI=1S/C19H31P/c1-17-13-15-19(16-14-17)20-18-11-9-7-5-3-2-4-6-8-10-12-18/h13-16,18,20H,2-12H2,1H3. The predicted molar refractivity (Wildman–Crippen MR) is 93.7 cm³/mol. The van der Waals surface area contributed by atoms with Crippen LogP contribution in [0.5, 0.6) is 0 Å². The van der Waals surface area contributed by atoms with Crippen molar-refractivity contribution < 1.29 is 0 Å². The summed E-state index contributed by atoms with van der Waals surface area (Å²) in [6.45, 7) is 2.18. The minimum absolute atomic E-state index is 0.956. The SMILES string of the molecule is Cc1ccc(PC2CCCCCCCCCCC2)cc1. The minimum Gasteiger partial charge on any atom is -0.0872 e. The van der Waals surface area contributed by atoms with Gasteiger partial charge in [0.2, 0.25) is 0 Å². The molecule has 20 heavy (non-hydrogen) atoms. The fourth-order valence-corrected chi connectivity index (χ4v) is 4.72. The molecule has 2 rings (SSSR count). The van der Waals surface area contributed by atoms with Crippen molar-refractivity contribution in [2.24, 2.45) is 0 Å². The lowest BCUT2D eigenvalue weighted by molar-refractivity contribution is 0.509. The van der Waals surface area contributed by atoms with Gasteiger partial charge in [-0.2, -0.15) is 0 Å². The van der Waals surface area contributed by atoms with Crippen molar-refractivity contribution in [1.82, 2.24) is 0 Å². The number of hydrogen-bond acceptors (Lipinski definition) is 0. The van der Waals surface area contributed by atoms with Crippen LogP contribution in [-0.4, -0.2) is 5.66 Å². The first-order valence-corrected chi connectivity index (χ1v) is 9.75. The van der Waals surface area contributed by atoms with E-state index in [4.69, 9.17) is 0 Å². The van der Waals surface area contributed by atoms with Crippen LogP contribution in [0.1, 0.15) is 76.2 Å². The van der Waals surface area contributed by atoms with Gasteiger partial charge in [-0.05, 0) is 30.7 Å². The molecule has 1 saturated carbocycles. The second kappa shape index (κ2) is 9.56. The lowest BCUT2D eigenvalue weighted by Gasteiger charge is -2.18. The Hall–Kier alpha value is -0.350. The largest absolute Gasteiger partial charge is 0.0872 e. The summed E-state index contributed by atoms with van der Waals surface area (Å²) in [6, 6.07) is 9.25. The van der Waals surface area contributed by atoms with E-state index < -0.39 is 0 Å². The molecule has 1 aliphatic rings. The van der Waals surface area contributed by atoms with Crippen molar-refractivity contribution in [3.63, 3.8) is 0 Å². The van der Waals surface area contributed by atoms with E-state index in [2.05, 4.69) is 31.2 Å². The maximum absolute atomic E-state index is 2.35. The molecule has 0 aromatic heterocycles. The van der Waals surface area contributed by atoms with E-state index in [-0.39, 0.29) is 0 Å². The number of aryl methyl sites for hydroxylation is 1. The van der Waals surface area contributed by atoms with Gasteiger partial charge in [0, 0.05) is 0 Å². The summed E-state index contributed by atoms with van der Waals surface area (Å²) in [5.74, 6) is 0. The minimum atomic E-state index is 0.956. The van der Waals surface area contributed by atoms with Crippen LogP contribution in [0.15, 0.2) is 24.3 Å². The zero-order valence-corrected chi connectivity index (χ0v) is 14.2. The second-order valence-corrected chi connectivity index (χ2v) is 8.15. The summed E-state index contributed by atoms with van der Waals surface area (Å²) in [6.07, 6.45) is 16.2. The molecule has 0 radical (unpaired) electrons. The molecule has 0 amide bonds. The first-order valence-electron chi connectivity index (χ1n) is 8.68. The van der Waals surface area contributed by atoms with Crippen molar-refractivity contribution in [2.45, 2.75) is 83.2 Å². The summed E-state index contributed by atoms with van der Waals surface area (Å²) in [7, 11) is 1.03. The Morgan fingerprint density at radius 2 is 1.15 bits per heavy atom. The smallest absolute Gasteiger partial charge is 0.0196 e. The van der Waals surface area contributed by atoms with Crippen LogP contribution >= 0.6 is 8.58 Å². The van der Waals surface area contributed by atoms with Crippen LogP contribution < -0.4 is 5.30 Å². The van der Waals surface area contributed by atoms with E-state index in [1.54, 1.807) is 5.30 Å². The van der Waals surface area contributed by atoms with E-state index >= 15 is 0 Å². The fraction of sp³-hybridized carbons (Fsp3) is 0.684. The first-order chi connectivity index (χ1) is 9.84. The third-order valence-corrected chi connectivity index (χ3v) is 6.18. The normalized spacial score (nSPS) is 20.6. The van der Waals surface area contributed by atoms with E-state index in [0.29, 0.717) is 0 Å². The average molecular weight is 290 g/mol. The van der Waals surface area contributed by atoms with Gasteiger partial charge < -0.3 is 0 Å². The second-order valence-electron chi connectivity index (χ2n) is 6.47. The Kier molecular flexibility index (Phi) is 7.66. The maximum atomic E-state index is 2.35. The highest BCUT2D eigenvalue weighted by molar-refractivity contribution is 7.48. The summed E-state index contributed by atoms with van der Waals surface area (Å²) in [5.41, 5.74) is 2.34. The molecule has 0 N–H and O–H groups in total. The molecule has 1 aromatic carbocycles. The predicted octanol–water partition coefficient (Wildman–Crippen LogP) is 5.97. The van der Waals surface area contributed by atoms with Gasteiger partial charge in [-0.15, -0.1) is 0 Å². The molecule has 0 heterocycles. The molecule has 0 bridgehead atoms. The van der Waals surface area contributed by atoms with Gasteiger partial charge in [-0.25, -0.2) is 0 Å². The van der Waals surface area contributed by atoms with E-state index in [0.717, 1.165) is 14.2 Å². The van der Waals surface area contributed by atoms with Gasteiger partial charge in [-0.3, -0.25) is 0 Å². The van der Waals surface area contributed by atoms with Gasteiger partial charge in [0.15, 0.2) is 0 Å². The van der Waals surface area contributed by atoms with Crippen LogP contribution in [0.3, 0.4) is 0 Å². The van der Waals surface area contributed by atoms with Gasteiger partial charge in [0.05, 0.1) is 0 Å². The van der Waals surface area contributed by atoms with Crippen molar-refractivity contribution in [2.75, 3.05) is 0 Å². The zero-order valence-electron chi connectivity index (χ0n) is 13.2. The third-order valence-electron chi connectivity index (χ3n) is 4.53. The molecule has 1 unspecified atom stereocenters. The maximum Gasteiger partial charge on any atom is -0.0196 e. The van der Waals surface area contributed by atoms with E-state index in [1.807, 2.05) is 0 Å². The zero-order chi connectivity index (χ0) is 14.0. The molecule has 0 saturated heterocycles. The van der Waals surface area contributed by atoms with Gasteiger partial charge in [0.25, 0.3) is 0 Å². The van der Waals surface area contributed by atoms with Crippen molar-refractivity contribution in [1.29, 1.82) is 0 Å². The number of hydrogen-bond donors (Lipinski definition) is 0. The fourth-order valence-electron chi connectivity index (χ4n) is 3.19. The monoisotopic (exact) mass is 290 g/mol. The quantitative estimate of drug-likeness (QED) is 0.588. The summed E-state index contributed by atoms with van der Waals surface area (Å²) in [5, 5.41) is 1.58. The molecular formula is C19H31P. The molecule has 0 spiro atoms. The van der Waals surface area contributed by atoms with Gasteiger partial charge in [-0.1, -0.05) is 96.2 Å². The molecule has 1 fully saturated rings. The average Bonchev–Trinajstić information content (AvgIpc) is 2.44. The molecule has 112 valence electrons. The summed E-state index contributed by atoms with van der Waals surface area (Å²) in [4.78, 5) is 0. The molecule has 1 aliphatic carbocycles. The Labute approximate surface area is 127 Å². The van der Waals surface area contributed by atoms with Crippen LogP contribution in [0.4, 0.5) is 0 Å². The Balaban J connectivity index is 1.83. The van der Waals surface area contributed by atoms with Crippen molar-refractivity contribution >= 4 is 13.9 Å². The Bertz CT molecular complexity index is 343. The highest BCUT2D eigenvalue weighted by atomic mass is 31.1. The molecule has 0 nitrogen and oxygen atoms in total. The third kappa shape index (κ3) is 6.40. The molecule has 1 heteroatoms. The molecule has 1 aromatic rings. The number of benzene rings is 1. The van der Waals surface area contributed by atoms with Crippen LogP contribution in [0.25, 0.3) is 0 Å². The van der Waals surface area contributed by atoms with Crippen molar-refractivity contribution in [3.8, 4) is 0 Å². The highest BCUT2D eigenvalue weighted by Gasteiger charge is 2.10. The van der Waals surface area contributed by atoms with Crippen LogP contribution in [-0.2, 0) is 0 Å². The van der Waals surface area contributed by atoms with E-state index in [1.165, 1.54) is 76.2 Å². The van der Waals surface area contributed by atoms with Crippen molar-refractivity contribution in [3.05, 3.63) is 29.8 Å².